The zero-order chi connectivity index (χ0) is 21.5. The van der Waals surface area contributed by atoms with Gasteiger partial charge in [-0.3, -0.25) is 0 Å². The smallest absolute Gasteiger partial charge is 0.123 e. The van der Waals surface area contributed by atoms with Crippen LogP contribution in [0, 0.1) is 17.7 Å². The van der Waals surface area contributed by atoms with Crippen molar-refractivity contribution in [2.45, 2.75) is 44.1 Å². The minimum atomic E-state index is -0.242. The minimum absolute atomic E-state index is 0.242. The third-order valence-corrected chi connectivity index (χ3v) is 8.14. The van der Waals surface area contributed by atoms with Crippen LogP contribution in [0.15, 0.2) is 72.6 Å². The molecule has 2 bridgehead atoms. The number of nitrogens with one attached hydrogen (secondary N) is 1. The predicted molar refractivity (Wildman–Crippen MR) is 126 cm³/mol. The van der Waals surface area contributed by atoms with Crippen LogP contribution in [0.4, 0.5) is 4.39 Å². The molecule has 2 unspecified atom stereocenters. The van der Waals surface area contributed by atoms with E-state index >= 15 is 0 Å². The monoisotopic (exact) mass is 436 g/mol. The predicted octanol–water partition coefficient (Wildman–Crippen LogP) is 5.87. The van der Waals surface area contributed by atoms with Crippen molar-refractivity contribution in [1.29, 1.82) is 0 Å². The highest BCUT2D eigenvalue weighted by Gasteiger charge is 2.50. The van der Waals surface area contributed by atoms with E-state index in [1.165, 1.54) is 35.4 Å². The van der Waals surface area contributed by atoms with Gasteiger partial charge in [-0.2, -0.15) is 0 Å². The van der Waals surface area contributed by atoms with Crippen LogP contribution in [0.5, 0.6) is 5.75 Å². The maximum Gasteiger partial charge on any atom is 0.123 e. The highest BCUT2D eigenvalue weighted by Crippen LogP contribution is 2.50. The molecule has 0 spiro atoms. The quantitative estimate of drug-likeness (QED) is 0.612. The number of fused-ring (bicyclic) bond motifs is 2. The average molecular weight is 437 g/mol. The minimum Gasteiger partial charge on any atom is -0.491 e. The SMILES string of the molecule is C=C(C1=C(c2ccccc2)SC(C)N1)N1C2CC(C2)[C@H](C)C1COc1ccc(F)cc1. The molecular weight excluding hydrogens is 407 g/mol. The van der Waals surface area contributed by atoms with Crippen molar-refractivity contribution in [3.05, 3.63) is 84.0 Å². The van der Waals surface area contributed by atoms with Gasteiger partial charge in [0.15, 0.2) is 0 Å². The number of rotatable bonds is 6. The Labute approximate surface area is 188 Å². The summed E-state index contributed by atoms with van der Waals surface area (Å²) >= 11 is 1.86. The molecule has 0 radical (unpaired) electrons. The number of piperidine rings is 2. The van der Waals surface area contributed by atoms with Gasteiger partial charge < -0.3 is 15.0 Å². The molecule has 3 nitrogen and oxygen atoms in total. The molecule has 3 heterocycles. The molecule has 1 aliphatic carbocycles. The maximum absolute atomic E-state index is 13.3. The lowest BCUT2D eigenvalue weighted by molar-refractivity contribution is -0.0656. The molecule has 0 amide bonds. The summed E-state index contributed by atoms with van der Waals surface area (Å²) in [7, 11) is 0. The Morgan fingerprint density at radius 3 is 2.55 bits per heavy atom. The highest BCUT2D eigenvalue weighted by atomic mass is 32.2. The van der Waals surface area contributed by atoms with Gasteiger partial charge >= 0.3 is 0 Å². The first-order valence-corrected chi connectivity index (χ1v) is 12.0. The summed E-state index contributed by atoms with van der Waals surface area (Å²) in [6, 6.07) is 17.6. The van der Waals surface area contributed by atoms with Crippen LogP contribution in [-0.4, -0.2) is 29.0 Å². The number of thioether (sulfide) groups is 1. The fourth-order valence-corrected chi connectivity index (χ4v) is 6.27. The van der Waals surface area contributed by atoms with Crippen molar-refractivity contribution >= 4 is 16.7 Å². The molecule has 0 aromatic heterocycles. The van der Waals surface area contributed by atoms with Gasteiger partial charge in [-0.05, 0) is 61.4 Å². The Morgan fingerprint density at radius 2 is 1.84 bits per heavy atom. The number of benzene rings is 2. The van der Waals surface area contributed by atoms with Gasteiger partial charge in [-0.15, -0.1) is 0 Å². The van der Waals surface area contributed by atoms with E-state index in [0.717, 1.165) is 17.3 Å². The van der Waals surface area contributed by atoms with Crippen LogP contribution < -0.4 is 10.1 Å². The summed E-state index contributed by atoms with van der Waals surface area (Å²) in [4.78, 5) is 3.78. The van der Waals surface area contributed by atoms with Gasteiger partial charge in [0.25, 0.3) is 0 Å². The van der Waals surface area contributed by atoms with Crippen molar-refractivity contribution in [2.24, 2.45) is 11.8 Å². The fourth-order valence-electron chi connectivity index (χ4n) is 5.17. The molecule has 2 aromatic carbocycles. The highest BCUT2D eigenvalue weighted by molar-refractivity contribution is 8.09. The van der Waals surface area contributed by atoms with Gasteiger partial charge in [0, 0.05) is 10.9 Å². The normalized spacial score (nSPS) is 29.4. The van der Waals surface area contributed by atoms with Crippen LogP contribution in [0.1, 0.15) is 32.3 Å². The number of halogens is 1. The van der Waals surface area contributed by atoms with Gasteiger partial charge in [-0.25, -0.2) is 4.39 Å². The number of ether oxygens (including phenoxy) is 1. The van der Waals surface area contributed by atoms with E-state index in [1.807, 2.05) is 11.8 Å². The number of hydrogen-bond donors (Lipinski definition) is 1. The molecule has 31 heavy (non-hydrogen) atoms. The maximum atomic E-state index is 13.3. The second-order valence-electron chi connectivity index (χ2n) is 8.91. The molecule has 5 heteroatoms. The van der Waals surface area contributed by atoms with Crippen molar-refractivity contribution in [3.63, 3.8) is 0 Å². The van der Waals surface area contributed by atoms with Crippen LogP contribution in [0.2, 0.25) is 0 Å². The third kappa shape index (κ3) is 3.84. The van der Waals surface area contributed by atoms with E-state index in [9.17, 15) is 4.39 Å². The summed E-state index contributed by atoms with van der Waals surface area (Å²) in [5, 5.41) is 3.98. The molecule has 3 aliphatic heterocycles. The zero-order valence-electron chi connectivity index (χ0n) is 18.1. The van der Waals surface area contributed by atoms with Crippen LogP contribution in [0.3, 0.4) is 0 Å². The summed E-state index contributed by atoms with van der Waals surface area (Å²) < 4.78 is 19.4. The Hall–Kier alpha value is -2.40. The Bertz CT molecular complexity index is 984. The summed E-state index contributed by atoms with van der Waals surface area (Å²) in [5.41, 5.74) is 3.45. The molecule has 3 fully saturated rings. The molecule has 1 saturated carbocycles. The molecule has 162 valence electrons. The first kappa shape index (κ1) is 20.5. The topological polar surface area (TPSA) is 24.5 Å². The Balaban J connectivity index is 1.41. The third-order valence-electron chi connectivity index (χ3n) is 6.99. The van der Waals surface area contributed by atoms with E-state index in [1.54, 1.807) is 12.1 Å². The van der Waals surface area contributed by atoms with Crippen LogP contribution in [-0.2, 0) is 0 Å². The van der Waals surface area contributed by atoms with Crippen molar-refractivity contribution in [1.82, 2.24) is 10.2 Å². The van der Waals surface area contributed by atoms with Gasteiger partial charge in [-0.1, -0.05) is 55.6 Å². The zero-order valence-corrected chi connectivity index (χ0v) is 18.9. The Kier molecular flexibility index (Phi) is 5.47. The first-order chi connectivity index (χ1) is 15.0. The second kappa shape index (κ2) is 8.27. The van der Waals surface area contributed by atoms with Gasteiger partial charge in [0.2, 0.25) is 0 Å². The van der Waals surface area contributed by atoms with Crippen molar-refractivity contribution in [3.8, 4) is 5.75 Å². The largest absolute Gasteiger partial charge is 0.491 e. The molecule has 1 N–H and O–H groups in total. The van der Waals surface area contributed by atoms with Crippen LogP contribution >= 0.6 is 11.8 Å². The van der Waals surface area contributed by atoms with Gasteiger partial charge in [0.05, 0.1) is 22.8 Å². The summed E-state index contributed by atoms with van der Waals surface area (Å²) in [6.07, 6.45) is 2.45. The van der Waals surface area contributed by atoms with E-state index < -0.39 is 0 Å². The van der Waals surface area contributed by atoms with Crippen molar-refractivity contribution in [2.75, 3.05) is 6.61 Å². The fraction of sp³-hybridized carbons (Fsp3) is 0.385. The Morgan fingerprint density at radius 1 is 1.13 bits per heavy atom. The van der Waals surface area contributed by atoms with E-state index in [4.69, 9.17) is 4.74 Å². The lowest BCUT2D eigenvalue weighted by Gasteiger charge is -2.58. The molecule has 2 saturated heterocycles. The van der Waals surface area contributed by atoms with Gasteiger partial charge in [0.1, 0.15) is 18.2 Å². The molecule has 4 aliphatic rings. The summed E-state index contributed by atoms with van der Waals surface area (Å²) in [6.45, 7) is 9.70. The number of hydrogen-bond acceptors (Lipinski definition) is 4. The van der Waals surface area contributed by atoms with E-state index in [-0.39, 0.29) is 11.9 Å². The molecule has 6 rings (SSSR count). The van der Waals surface area contributed by atoms with E-state index in [0.29, 0.717) is 29.7 Å². The number of nitrogens with zero attached hydrogens (tertiary/aromatic N) is 1. The summed E-state index contributed by atoms with van der Waals surface area (Å²) in [5.74, 6) is 1.75. The standard InChI is InChI=1S/C26H29FN2OS/c1-16-20-13-22(14-20)29(24(16)15-30-23-11-9-21(27)10-12-23)17(2)25-26(31-18(3)28-25)19-7-5-4-6-8-19/h4-12,16,18,20,22,24,28H,2,13-15H2,1,3H3/t16-,18?,20?,22?,24?/m0/s1. The lowest BCUT2D eigenvalue weighted by atomic mass is 9.64. The average Bonchev–Trinajstić information content (AvgIpc) is 3.14. The van der Waals surface area contributed by atoms with Crippen molar-refractivity contribution < 1.29 is 9.13 Å². The first-order valence-electron chi connectivity index (χ1n) is 11.1. The molecule has 2 aromatic rings. The van der Waals surface area contributed by atoms with E-state index in [2.05, 4.69) is 61.0 Å². The molecule has 3 atom stereocenters. The molecular formula is C26H29FN2OS. The lowest BCUT2D eigenvalue weighted by Crippen LogP contribution is -2.62. The second-order valence-corrected chi connectivity index (χ2v) is 10.3. The van der Waals surface area contributed by atoms with Crippen LogP contribution in [0.25, 0.3) is 4.91 Å².